The third kappa shape index (κ3) is 3.34. The number of rotatable bonds is 5. The van der Waals surface area contributed by atoms with Crippen LogP contribution in [0.2, 0.25) is 0 Å². The highest BCUT2D eigenvalue weighted by molar-refractivity contribution is 7.90. The minimum Gasteiger partial charge on any atom is -0.304 e. The van der Waals surface area contributed by atoms with Crippen molar-refractivity contribution in [3.63, 3.8) is 0 Å². The number of nitrogens with zero attached hydrogens (tertiary/aromatic N) is 3. The van der Waals surface area contributed by atoms with Crippen LogP contribution in [0.15, 0.2) is 43.1 Å². The first kappa shape index (κ1) is 16.2. The van der Waals surface area contributed by atoms with Crippen LogP contribution < -0.4 is 0 Å². The second-order valence-corrected chi connectivity index (χ2v) is 8.00. The van der Waals surface area contributed by atoms with E-state index < -0.39 is 10.0 Å². The van der Waals surface area contributed by atoms with Crippen LogP contribution in [0.5, 0.6) is 0 Å². The Hall–Kier alpha value is -1.63. The predicted octanol–water partition coefficient (Wildman–Crippen LogP) is 1.75. The number of aromatic nitrogens is 1. The molecule has 2 aromatic rings. The highest BCUT2D eigenvalue weighted by atomic mass is 32.2. The first-order valence-corrected chi connectivity index (χ1v) is 9.46. The number of hydrogen-bond donors (Lipinski definition) is 0. The van der Waals surface area contributed by atoms with Crippen LogP contribution in [0.4, 0.5) is 0 Å². The van der Waals surface area contributed by atoms with Crippen LogP contribution in [-0.2, 0) is 16.6 Å². The van der Waals surface area contributed by atoms with Gasteiger partial charge < -0.3 is 4.90 Å². The largest absolute Gasteiger partial charge is 0.304 e. The normalized spacial score (nSPS) is 17.6. The fraction of sp³-hybridized carbons (Fsp3) is 0.412. The lowest BCUT2D eigenvalue weighted by Gasteiger charge is -2.32. The fourth-order valence-electron chi connectivity index (χ4n) is 3.06. The van der Waals surface area contributed by atoms with Gasteiger partial charge in [-0.3, -0.25) is 4.90 Å². The van der Waals surface area contributed by atoms with E-state index in [9.17, 15) is 8.42 Å². The summed E-state index contributed by atoms with van der Waals surface area (Å²) in [5.74, 6) is -0.0561. The van der Waals surface area contributed by atoms with Gasteiger partial charge in [0.15, 0.2) is 0 Å². The van der Waals surface area contributed by atoms with Gasteiger partial charge in [-0.15, -0.1) is 6.58 Å². The quantitative estimate of drug-likeness (QED) is 0.782. The van der Waals surface area contributed by atoms with Crippen molar-refractivity contribution in [1.29, 1.82) is 0 Å². The van der Waals surface area contributed by atoms with E-state index in [-0.39, 0.29) is 5.75 Å². The smallest absolute Gasteiger partial charge is 0.242 e. The van der Waals surface area contributed by atoms with E-state index in [0.29, 0.717) is 0 Å². The van der Waals surface area contributed by atoms with Crippen molar-refractivity contribution in [1.82, 2.24) is 13.8 Å². The Morgan fingerprint density at radius 2 is 1.91 bits per heavy atom. The summed E-state index contributed by atoms with van der Waals surface area (Å²) in [5.41, 5.74) is 1.93. The molecule has 0 bridgehead atoms. The first-order chi connectivity index (χ1) is 11.0. The van der Waals surface area contributed by atoms with Crippen LogP contribution >= 0.6 is 0 Å². The fourth-order valence-corrected chi connectivity index (χ4v) is 4.23. The maximum absolute atomic E-state index is 12.3. The van der Waals surface area contributed by atoms with Crippen molar-refractivity contribution in [3.05, 3.63) is 48.7 Å². The Bertz CT molecular complexity index is 802. The summed E-state index contributed by atoms with van der Waals surface area (Å²) >= 11 is 0. The Morgan fingerprint density at radius 3 is 2.61 bits per heavy atom. The molecule has 0 radical (unpaired) electrons. The highest BCUT2D eigenvalue weighted by Crippen LogP contribution is 2.23. The standard InChI is InChI=1S/C17H23N3O2S/c1-3-13-23(21,22)20-8-7-16-15(5-4-6-17(16)20)14-19-11-9-18(2)10-12-19/h3-8H,1,9-14H2,2H3. The summed E-state index contributed by atoms with van der Waals surface area (Å²) in [6.45, 7) is 8.63. The molecule has 5 nitrogen and oxygen atoms in total. The molecule has 0 spiro atoms. The summed E-state index contributed by atoms with van der Waals surface area (Å²) in [5, 5.41) is 1.01. The van der Waals surface area contributed by atoms with Crippen molar-refractivity contribution in [2.75, 3.05) is 39.0 Å². The first-order valence-electron chi connectivity index (χ1n) is 7.85. The summed E-state index contributed by atoms with van der Waals surface area (Å²) < 4.78 is 26.0. The van der Waals surface area contributed by atoms with Crippen LogP contribution in [0.1, 0.15) is 5.56 Å². The summed E-state index contributed by atoms with van der Waals surface area (Å²) in [7, 11) is -1.23. The molecule has 0 aliphatic carbocycles. The molecule has 23 heavy (non-hydrogen) atoms. The summed E-state index contributed by atoms with van der Waals surface area (Å²) in [4.78, 5) is 4.75. The van der Waals surface area contributed by atoms with Gasteiger partial charge in [0.1, 0.15) is 0 Å². The van der Waals surface area contributed by atoms with E-state index in [1.165, 1.54) is 15.6 Å². The average molecular weight is 333 g/mol. The molecule has 1 aromatic heterocycles. The summed E-state index contributed by atoms with van der Waals surface area (Å²) in [6, 6.07) is 7.80. The molecular formula is C17H23N3O2S. The van der Waals surface area contributed by atoms with Gasteiger partial charge in [-0.2, -0.15) is 0 Å². The van der Waals surface area contributed by atoms with Crippen LogP contribution in [-0.4, -0.2) is 61.2 Å². The molecule has 124 valence electrons. The van der Waals surface area contributed by atoms with Crippen molar-refractivity contribution >= 4 is 20.9 Å². The third-order valence-corrected chi connectivity index (χ3v) is 5.98. The lowest BCUT2D eigenvalue weighted by molar-refractivity contribution is 0.148. The highest BCUT2D eigenvalue weighted by Gasteiger charge is 2.18. The lowest BCUT2D eigenvalue weighted by Crippen LogP contribution is -2.43. The zero-order valence-corrected chi connectivity index (χ0v) is 14.3. The molecule has 0 atom stereocenters. The zero-order valence-electron chi connectivity index (χ0n) is 13.5. The second-order valence-electron chi connectivity index (χ2n) is 6.11. The Balaban J connectivity index is 1.91. The number of hydrogen-bond acceptors (Lipinski definition) is 4. The van der Waals surface area contributed by atoms with Crippen molar-refractivity contribution < 1.29 is 8.42 Å². The van der Waals surface area contributed by atoms with Gasteiger partial charge in [0.2, 0.25) is 10.0 Å². The lowest BCUT2D eigenvalue weighted by atomic mass is 10.1. The predicted molar refractivity (Wildman–Crippen MR) is 94.1 cm³/mol. The molecule has 0 amide bonds. The van der Waals surface area contributed by atoms with Crippen molar-refractivity contribution in [2.24, 2.45) is 0 Å². The second kappa shape index (κ2) is 6.47. The van der Waals surface area contributed by atoms with Crippen LogP contribution in [0.25, 0.3) is 10.9 Å². The number of piperazine rings is 1. The maximum Gasteiger partial charge on any atom is 0.242 e. The topological polar surface area (TPSA) is 45.6 Å². The molecule has 0 N–H and O–H groups in total. The molecule has 1 aliphatic rings. The minimum atomic E-state index is -3.37. The van der Waals surface area contributed by atoms with E-state index in [2.05, 4.69) is 29.5 Å². The van der Waals surface area contributed by atoms with Gasteiger partial charge in [0.25, 0.3) is 0 Å². The van der Waals surface area contributed by atoms with Crippen molar-refractivity contribution in [2.45, 2.75) is 6.54 Å². The number of likely N-dealkylation sites (N-methyl/N-ethyl adjacent to an activating group) is 1. The van der Waals surface area contributed by atoms with Gasteiger partial charge in [-0.05, 0) is 24.7 Å². The van der Waals surface area contributed by atoms with E-state index >= 15 is 0 Å². The Kier molecular flexibility index (Phi) is 4.57. The van der Waals surface area contributed by atoms with E-state index in [4.69, 9.17) is 0 Å². The van der Waals surface area contributed by atoms with Crippen LogP contribution in [0.3, 0.4) is 0 Å². The Labute approximate surface area is 137 Å². The van der Waals surface area contributed by atoms with Gasteiger partial charge in [-0.1, -0.05) is 18.2 Å². The molecule has 1 aromatic carbocycles. The molecular weight excluding hydrogens is 310 g/mol. The third-order valence-electron chi connectivity index (χ3n) is 4.41. The zero-order chi connectivity index (χ0) is 16.4. The van der Waals surface area contributed by atoms with Gasteiger partial charge in [0, 0.05) is 44.3 Å². The maximum atomic E-state index is 12.3. The monoisotopic (exact) mass is 333 g/mol. The van der Waals surface area contributed by atoms with Crippen LogP contribution in [0, 0.1) is 0 Å². The molecule has 1 aliphatic heterocycles. The molecule has 1 fully saturated rings. The SMILES string of the molecule is C=CCS(=O)(=O)n1ccc2c(CN3CCN(C)CC3)cccc21. The molecule has 2 heterocycles. The molecule has 1 saturated heterocycles. The average Bonchev–Trinajstić information content (AvgIpc) is 2.95. The molecule has 6 heteroatoms. The van der Waals surface area contributed by atoms with Gasteiger partial charge in [0.05, 0.1) is 11.3 Å². The van der Waals surface area contributed by atoms with Crippen molar-refractivity contribution in [3.8, 4) is 0 Å². The van der Waals surface area contributed by atoms with Gasteiger partial charge in [-0.25, -0.2) is 12.4 Å². The molecule has 3 rings (SSSR count). The van der Waals surface area contributed by atoms with E-state index in [1.807, 2.05) is 18.2 Å². The summed E-state index contributed by atoms with van der Waals surface area (Å²) in [6.07, 6.45) is 3.08. The van der Waals surface area contributed by atoms with E-state index in [0.717, 1.165) is 43.6 Å². The Morgan fingerprint density at radius 1 is 1.17 bits per heavy atom. The number of fused-ring (bicyclic) bond motifs is 1. The van der Waals surface area contributed by atoms with E-state index in [1.54, 1.807) is 6.20 Å². The number of benzene rings is 1. The molecule has 0 unspecified atom stereocenters. The van der Waals surface area contributed by atoms with Gasteiger partial charge >= 0.3 is 0 Å². The molecule has 0 saturated carbocycles. The minimum absolute atomic E-state index is 0.0561.